The summed E-state index contributed by atoms with van der Waals surface area (Å²) in [5.74, 6) is -1.50. The molecule has 0 fully saturated rings. The Morgan fingerprint density at radius 2 is 1.67 bits per heavy atom. The number of nitrogens with one attached hydrogen (secondary N) is 1. The van der Waals surface area contributed by atoms with Gasteiger partial charge in [0.1, 0.15) is 0 Å². The maximum atomic E-state index is 12.4. The average molecular weight is 395 g/mol. The molecule has 2 aromatic carbocycles. The highest BCUT2D eigenvalue weighted by Crippen LogP contribution is 2.21. The van der Waals surface area contributed by atoms with Gasteiger partial charge < -0.3 is 10.4 Å². The number of rotatable bonds is 3. The Balaban J connectivity index is 2.44. The van der Waals surface area contributed by atoms with Gasteiger partial charge in [-0.3, -0.25) is 4.79 Å². The summed E-state index contributed by atoms with van der Waals surface area (Å²) in [5, 5.41) is 12.1. The van der Waals surface area contributed by atoms with Gasteiger partial charge in [0.2, 0.25) is 0 Å². The molecule has 2 aromatic rings. The predicted octanol–water partition coefficient (Wildman–Crippen LogP) is 3.86. The van der Waals surface area contributed by atoms with Gasteiger partial charge >= 0.3 is 5.97 Å². The number of carbonyl (C=O) groups is 2. The second kappa shape index (κ2) is 6.26. The minimum Gasteiger partial charge on any atom is -0.478 e. The topological polar surface area (TPSA) is 66.4 Å². The van der Waals surface area contributed by atoms with E-state index in [-0.39, 0.29) is 11.1 Å². The van der Waals surface area contributed by atoms with Crippen molar-refractivity contribution < 1.29 is 14.7 Å². The zero-order valence-corrected chi connectivity index (χ0v) is 13.8. The number of carbonyl (C=O) groups excluding carboxylic acids is 1. The second-order valence-electron chi connectivity index (χ2n) is 4.72. The lowest BCUT2D eigenvalue weighted by Crippen LogP contribution is -2.19. The molecular weight excluding hydrogens is 381 g/mol. The minimum atomic E-state index is -1.09. The molecule has 4 nitrogen and oxygen atoms in total. The molecule has 0 aromatic heterocycles. The first-order chi connectivity index (χ1) is 9.90. The first-order valence-electron chi connectivity index (χ1n) is 6.30. The van der Waals surface area contributed by atoms with Crippen LogP contribution < -0.4 is 5.32 Å². The van der Waals surface area contributed by atoms with Crippen LogP contribution >= 0.6 is 22.6 Å². The molecule has 0 unspecified atom stereocenters. The fourth-order valence-corrected chi connectivity index (χ4v) is 2.68. The van der Waals surface area contributed by atoms with Gasteiger partial charge in [-0.05, 0) is 65.8 Å². The number of aryl methyl sites for hydroxylation is 2. The molecule has 0 aliphatic heterocycles. The maximum Gasteiger partial charge on any atom is 0.336 e. The van der Waals surface area contributed by atoms with Crippen LogP contribution in [-0.2, 0) is 0 Å². The van der Waals surface area contributed by atoms with Crippen molar-refractivity contribution in [1.82, 2.24) is 0 Å². The Bertz CT molecular complexity index is 725. The van der Waals surface area contributed by atoms with Gasteiger partial charge in [0.15, 0.2) is 0 Å². The Morgan fingerprint density at radius 1 is 1.05 bits per heavy atom. The number of benzene rings is 2. The van der Waals surface area contributed by atoms with E-state index in [1.165, 1.54) is 0 Å². The third kappa shape index (κ3) is 3.41. The zero-order chi connectivity index (χ0) is 15.6. The van der Waals surface area contributed by atoms with Crippen molar-refractivity contribution in [3.05, 3.63) is 62.2 Å². The van der Waals surface area contributed by atoms with Crippen LogP contribution in [0.3, 0.4) is 0 Å². The Morgan fingerprint density at radius 3 is 2.24 bits per heavy atom. The van der Waals surface area contributed by atoms with Crippen LogP contribution in [0, 0.1) is 17.4 Å². The summed E-state index contributed by atoms with van der Waals surface area (Å²) in [7, 11) is 0. The van der Waals surface area contributed by atoms with E-state index in [0.29, 0.717) is 16.8 Å². The van der Waals surface area contributed by atoms with E-state index >= 15 is 0 Å². The number of hydrogen-bond donors (Lipinski definition) is 2. The normalized spacial score (nSPS) is 10.2. The molecule has 0 atom stereocenters. The summed E-state index contributed by atoms with van der Waals surface area (Å²) >= 11 is 2.15. The fourth-order valence-electron chi connectivity index (χ4n) is 2.14. The number of carboxylic acid groups (broad SMARTS) is 1. The Kier molecular flexibility index (Phi) is 4.62. The highest BCUT2D eigenvalue weighted by Gasteiger charge is 2.21. The lowest BCUT2D eigenvalue weighted by Gasteiger charge is -2.13. The van der Waals surface area contributed by atoms with Crippen molar-refractivity contribution in [2.75, 3.05) is 5.32 Å². The fraction of sp³-hybridized carbons (Fsp3) is 0.125. The van der Waals surface area contributed by atoms with Gasteiger partial charge in [-0.2, -0.15) is 0 Å². The average Bonchev–Trinajstić information content (AvgIpc) is 2.40. The van der Waals surface area contributed by atoms with E-state index in [1.54, 1.807) is 32.0 Å². The van der Waals surface area contributed by atoms with Crippen molar-refractivity contribution in [2.24, 2.45) is 0 Å². The van der Waals surface area contributed by atoms with Gasteiger partial charge in [0.05, 0.1) is 11.1 Å². The molecule has 2 N–H and O–H groups in total. The first kappa shape index (κ1) is 15.5. The van der Waals surface area contributed by atoms with Gasteiger partial charge in [-0.15, -0.1) is 0 Å². The van der Waals surface area contributed by atoms with E-state index in [4.69, 9.17) is 0 Å². The SMILES string of the molecule is Cc1ccc(C)c(C(=O)Nc2cccc(I)c2)c1C(=O)O. The molecule has 0 aliphatic carbocycles. The Labute approximate surface area is 136 Å². The van der Waals surface area contributed by atoms with Crippen molar-refractivity contribution in [3.8, 4) is 0 Å². The van der Waals surface area contributed by atoms with E-state index in [9.17, 15) is 14.7 Å². The minimum absolute atomic E-state index is 0.0538. The van der Waals surface area contributed by atoms with Crippen molar-refractivity contribution in [3.63, 3.8) is 0 Å². The predicted molar refractivity (Wildman–Crippen MR) is 90.0 cm³/mol. The van der Waals surface area contributed by atoms with Crippen LogP contribution in [0.4, 0.5) is 5.69 Å². The number of hydrogen-bond acceptors (Lipinski definition) is 2. The van der Waals surface area contributed by atoms with Gasteiger partial charge in [-0.1, -0.05) is 18.2 Å². The quantitative estimate of drug-likeness (QED) is 0.776. The van der Waals surface area contributed by atoms with E-state index in [0.717, 1.165) is 3.57 Å². The van der Waals surface area contributed by atoms with Crippen LogP contribution in [0.15, 0.2) is 36.4 Å². The van der Waals surface area contributed by atoms with Gasteiger partial charge in [0, 0.05) is 9.26 Å². The zero-order valence-electron chi connectivity index (χ0n) is 11.6. The number of anilines is 1. The monoisotopic (exact) mass is 395 g/mol. The Hall–Kier alpha value is -1.89. The van der Waals surface area contributed by atoms with E-state index < -0.39 is 11.9 Å². The van der Waals surface area contributed by atoms with Crippen molar-refractivity contribution in [2.45, 2.75) is 13.8 Å². The number of aromatic carboxylic acids is 1. The molecule has 0 spiro atoms. The molecule has 0 saturated carbocycles. The maximum absolute atomic E-state index is 12.4. The standard InChI is InChI=1S/C16H14INO3/c1-9-6-7-10(2)14(16(20)21)13(9)15(19)18-12-5-3-4-11(17)8-12/h3-8H,1-2H3,(H,18,19)(H,20,21). The summed E-state index contributed by atoms with van der Waals surface area (Å²) in [4.78, 5) is 23.9. The van der Waals surface area contributed by atoms with Crippen LogP contribution in [0.5, 0.6) is 0 Å². The number of carboxylic acids is 1. The lowest BCUT2D eigenvalue weighted by molar-refractivity contribution is 0.0691. The largest absolute Gasteiger partial charge is 0.478 e. The summed E-state index contributed by atoms with van der Waals surface area (Å²) in [6, 6.07) is 10.8. The number of amides is 1. The molecule has 21 heavy (non-hydrogen) atoms. The molecule has 108 valence electrons. The summed E-state index contributed by atoms with van der Waals surface area (Å²) in [5.41, 5.74) is 2.12. The van der Waals surface area contributed by atoms with Crippen LogP contribution in [0.25, 0.3) is 0 Å². The summed E-state index contributed by atoms with van der Waals surface area (Å²) in [6.45, 7) is 3.42. The smallest absolute Gasteiger partial charge is 0.336 e. The highest BCUT2D eigenvalue weighted by atomic mass is 127. The first-order valence-corrected chi connectivity index (χ1v) is 7.38. The molecule has 1 amide bonds. The molecule has 2 rings (SSSR count). The molecule has 0 heterocycles. The molecule has 0 bridgehead atoms. The molecule has 0 aliphatic rings. The number of halogens is 1. The molecule has 5 heteroatoms. The van der Waals surface area contributed by atoms with Crippen molar-refractivity contribution >= 4 is 40.2 Å². The lowest BCUT2D eigenvalue weighted by atomic mass is 9.96. The second-order valence-corrected chi connectivity index (χ2v) is 5.96. The van der Waals surface area contributed by atoms with Crippen LogP contribution in [0.1, 0.15) is 31.8 Å². The third-order valence-corrected chi connectivity index (χ3v) is 3.82. The van der Waals surface area contributed by atoms with Crippen LogP contribution in [0.2, 0.25) is 0 Å². The summed E-state index contributed by atoms with van der Waals surface area (Å²) < 4.78 is 0.991. The van der Waals surface area contributed by atoms with Crippen LogP contribution in [-0.4, -0.2) is 17.0 Å². The van der Waals surface area contributed by atoms with Gasteiger partial charge in [-0.25, -0.2) is 4.79 Å². The highest BCUT2D eigenvalue weighted by molar-refractivity contribution is 14.1. The summed E-state index contributed by atoms with van der Waals surface area (Å²) in [6.07, 6.45) is 0. The molecule has 0 saturated heterocycles. The van der Waals surface area contributed by atoms with E-state index in [2.05, 4.69) is 27.9 Å². The third-order valence-electron chi connectivity index (χ3n) is 3.15. The molecular formula is C16H14INO3. The molecule has 0 radical (unpaired) electrons. The van der Waals surface area contributed by atoms with E-state index in [1.807, 2.05) is 18.2 Å². The van der Waals surface area contributed by atoms with Gasteiger partial charge in [0.25, 0.3) is 5.91 Å². The van der Waals surface area contributed by atoms with Crippen molar-refractivity contribution in [1.29, 1.82) is 0 Å².